The summed E-state index contributed by atoms with van der Waals surface area (Å²) in [4.78, 5) is 23.2. The average molecular weight is 389 g/mol. The second-order valence-electron chi connectivity index (χ2n) is 5.23. The molecule has 0 aliphatic carbocycles. The van der Waals surface area contributed by atoms with Gasteiger partial charge < -0.3 is 18.6 Å². The summed E-state index contributed by atoms with van der Waals surface area (Å²) >= 11 is 0. The Balaban J connectivity index is 0.00000136. The normalized spacial score (nSPS) is 10.1. The summed E-state index contributed by atoms with van der Waals surface area (Å²) in [6, 6.07) is 6.99. The van der Waals surface area contributed by atoms with Crippen LogP contribution in [0.15, 0.2) is 44.7 Å². The molecule has 0 saturated heterocycles. The Kier molecular flexibility index (Phi) is 6.70. The molecule has 148 valence electrons. The predicted octanol–water partition coefficient (Wildman–Crippen LogP) is 5.05. The van der Waals surface area contributed by atoms with Gasteiger partial charge in [0.15, 0.2) is 17.1 Å². The van der Waals surface area contributed by atoms with Crippen LogP contribution in [0.1, 0.15) is 13.8 Å². The smallest absolute Gasteiger partial charge is 0.229 e. The fourth-order valence-corrected chi connectivity index (χ4v) is 2.63. The number of rotatable bonds is 5. The van der Waals surface area contributed by atoms with Crippen LogP contribution in [0.2, 0.25) is 0 Å². The zero-order chi connectivity index (χ0) is 20.8. The minimum Gasteiger partial charge on any atom is -0.494 e. The van der Waals surface area contributed by atoms with Crippen molar-refractivity contribution in [3.05, 3.63) is 51.3 Å². The summed E-state index contributed by atoms with van der Waals surface area (Å²) in [6.45, 7) is 4.00. The number of benzene rings is 2. The van der Waals surface area contributed by atoms with Crippen LogP contribution in [-0.2, 0) is 0 Å². The highest BCUT2D eigenvalue weighted by atomic mass is 19.1. The first-order valence-corrected chi connectivity index (χ1v) is 8.44. The molecular weight excluding hydrogens is 369 g/mol. The Hall–Kier alpha value is -3.42. The van der Waals surface area contributed by atoms with E-state index in [9.17, 15) is 14.1 Å². The number of methoxy groups -OCH3 is 3. The zero-order valence-corrected chi connectivity index (χ0v) is 16.2. The van der Waals surface area contributed by atoms with Gasteiger partial charge >= 0.3 is 0 Å². The summed E-state index contributed by atoms with van der Waals surface area (Å²) in [5, 5.41) is 2.83. The number of ether oxygens (including phenoxy) is 3. The Morgan fingerprint density at radius 3 is 2.21 bits per heavy atom. The molecule has 3 aromatic rings. The van der Waals surface area contributed by atoms with Crippen molar-refractivity contribution in [2.45, 2.75) is 13.8 Å². The predicted molar refractivity (Wildman–Crippen MR) is 104 cm³/mol. The summed E-state index contributed by atoms with van der Waals surface area (Å²) in [7, 11) is 4.16. The Bertz CT molecular complexity index is 1060. The number of fused-ring (bicyclic) bond motifs is 1. The molecule has 2 aromatic carbocycles. The maximum absolute atomic E-state index is 14.6. The second kappa shape index (κ2) is 8.98. The van der Waals surface area contributed by atoms with Gasteiger partial charge in [-0.1, -0.05) is 13.8 Å². The van der Waals surface area contributed by atoms with Crippen LogP contribution in [0.25, 0.3) is 22.3 Å². The standard InChI is InChI=1S/C18H14FNO6.C2H6/c1-23-12-7-5-10-15(21)14(19)16(26-17(10)18(12)25-3)9-4-6-11(20-22)13(8-9)24-2;1-2/h4-8H,1-3H3;1-2H3. The Morgan fingerprint density at radius 2 is 1.64 bits per heavy atom. The van der Waals surface area contributed by atoms with Crippen molar-refractivity contribution in [2.24, 2.45) is 5.18 Å². The van der Waals surface area contributed by atoms with Crippen molar-refractivity contribution in [1.82, 2.24) is 0 Å². The van der Waals surface area contributed by atoms with E-state index in [-0.39, 0.29) is 39.5 Å². The van der Waals surface area contributed by atoms with Crippen molar-refractivity contribution < 1.29 is 23.0 Å². The number of nitroso groups, excluding NO2 is 1. The lowest BCUT2D eigenvalue weighted by atomic mass is 10.1. The molecule has 1 aromatic heterocycles. The van der Waals surface area contributed by atoms with Gasteiger partial charge in [-0.15, -0.1) is 4.91 Å². The molecule has 0 saturated carbocycles. The second-order valence-corrected chi connectivity index (χ2v) is 5.23. The van der Waals surface area contributed by atoms with Gasteiger partial charge in [-0.3, -0.25) is 4.79 Å². The van der Waals surface area contributed by atoms with Crippen molar-refractivity contribution >= 4 is 16.7 Å². The molecule has 0 aliphatic rings. The lowest BCUT2D eigenvalue weighted by Gasteiger charge is -2.12. The molecule has 8 heteroatoms. The van der Waals surface area contributed by atoms with E-state index < -0.39 is 11.2 Å². The van der Waals surface area contributed by atoms with Crippen LogP contribution in [0.3, 0.4) is 0 Å². The van der Waals surface area contributed by atoms with Gasteiger partial charge in [-0.05, 0) is 35.5 Å². The van der Waals surface area contributed by atoms with E-state index in [1.165, 1.54) is 51.7 Å². The van der Waals surface area contributed by atoms with Crippen molar-refractivity contribution in [3.63, 3.8) is 0 Å². The van der Waals surface area contributed by atoms with E-state index in [4.69, 9.17) is 18.6 Å². The van der Waals surface area contributed by atoms with Crippen molar-refractivity contribution in [1.29, 1.82) is 0 Å². The molecule has 28 heavy (non-hydrogen) atoms. The van der Waals surface area contributed by atoms with Gasteiger partial charge in [-0.2, -0.15) is 4.39 Å². The maximum atomic E-state index is 14.6. The molecule has 1 heterocycles. The van der Waals surface area contributed by atoms with Gasteiger partial charge in [0.2, 0.25) is 17.0 Å². The van der Waals surface area contributed by atoms with Gasteiger partial charge in [-0.25, -0.2) is 0 Å². The lowest BCUT2D eigenvalue weighted by Crippen LogP contribution is -2.09. The zero-order valence-electron chi connectivity index (χ0n) is 16.2. The van der Waals surface area contributed by atoms with E-state index >= 15 is 0 Å². The molecule has 7 nitrogen and oxygen atoms in total. The molecule has 0 unspecified atom stereocenters. The van der Waals surface area contributed by atoms with Crippen LogP contribution in [0.4, 0.5) is 10.1 Å². The number of nitrogens with zero attached hydrogens (tertiary/aromatic N) is 1. The van der Waals surface area contributed by atoms with Crippen LogP contribution in [0.5, 0.6) is 17.2 Å². The van der Waals surface area contributed by atoms with E-state index in [0.29, 0.717) is 5.75 Å². The number of hydrogen-bond donors (Lipinski definition) is 0. The molecule has 0 fully saturated rings. The van der Waals surface area contributed by atoms with E-state index in [0.717, 1.165) is 0 Å². The Labute approximate surface area is 160 Å². The maximum Gasteiger partial charge on any atom is 0.229 e. The monoisotopic (exact) mass is 389 g/mol. The van der Waals surface area contributed by atoms with E-state index in [2.05, 4.69) is 5.18 Å². The van der Waals surface area contributed by atoms with E-state index in [1.807, 2.05) is 13.8 Å². The van der Waals surface area contributed by atoms with Gasteiger partial charge in [0.1, 0.15) is 11.4 Å². The Morgan fingerprint density at radius 1 is 0.964 bits per heavy atom. The number of halogens is 1. The molecule has 3 rings (SSSR count). The van der Waals surface area contributed by atoms with Crippen LogP contribution in [0, 0.1) is 10.7 Å². The summed E-state index contributed by atoms with van der Waals surface area (Å²) in [5.41, 5.74) is -0.557. The third kappa shape index (κ3) is 3.53. The fourth-order valence-electron chi connectivity index (χ4n) is 2.63. The SMILES string of the molecule is CC.COc1cc(-c2oc3c(OC)c(OC)ccc3c(=O)c2F)ccc1N=O. The summed E-state index contributed by atoms with van der Waals surface area (Å²) in [5.74, 6) is -0.763. The first-order chi connectivity index (χ1) is 13.5. The topological polar surface area (TPSA) is 87.3 Å². The molecule has 0 radical (unpaired) electrons. The summed E-state index contributed by atoms with van der Waals surface area (Å²) < 4.78 is 35.8. The average Bonchev–Trinajstić information content (AvgIpc) is 2.76. The third-order valence-corrected chi connectivity index (χ3v) is 3.89. The van der Waals surface area contributed by atoms with Gasteiger partial charge in [0.25, 0.3) is 0 Å². The molecule has 0 spiro atoms. The minimum absolute atomic E-state index is 0.0158. The van der Waals surface area contributed by atoms with Gasteiger partial charge in [0, 0.05) is 5.56 Å². The molecule has 0 N–H and O–H groups in total. The number of hydrogen-bond acceptors (Lipinski definition) is 7. The summed E-state index contributed by atoms with van der Waals surface area (Å²) in [6.07, 6.45) is 0. The third-order valence-electron chi connectivity index (χ3n) is 3.89. The highest BCUT2D eigenvalue weighted by molar-refractivity contribution is 5.87. The van der Waals surface area contributed by atoms with Crippen LogP contribution in [-0.4, -0.2) is 21.3 Å². The first kappa shape index (κ1) is 20.9. The molecular formula is C20H20FNO6. The fraction of sp³-hybridized carbons (Fsp3) is 0.250. The van der Waals surface area contributed by atoms with Crippen molar-refractivity contribution in [2.75, 3.05) is 21.3 Å². The van der Waals surface area contributed by atoms with Crippen LogP contribution < -0.4 is 19.6 Å². The van der Waals surface area contributed by atoms with E-state index in [1.54, 1.807) is 0 Å². The molecule has 0 bridgehead atoms. The molecule has 0 atom stereocenters. The highest BCUT2D eigenvalue weighted by Gasteiger charge is 2.21. The van der Waals surface area contributed by atoms with Crippen LogP contribution >= 0.6 is 0 Å². The minimum atomic E-state index is -1.07. The lowest BCUT2D eigenvalue weighted by molar-refractivity contribution is 0.352. The molecule has 0 aliphatic heterocycles. The quantitative estimate of drug-likeness (QED) is 0.568. The first-order valence-electron chi connectivity index (χ1n) is 8.44. The largest absolute Gasteiger partial charge is 0.494 e. The highest BCUT2D eigenvalue weighted by Crippen LogP contribution is 2.38. The van der Waals surface area contributed by atoms with Crippen molar-refractivity contribution in [3.8, 4) is 28.6 Å². The van der Waals surface area contributed by atoms with Gasteiger partial charge in [0.05, 0.1) is 26.7 Å². The molecule has 0 amide bonds.